The van der Waals surface area contributed by atoms with Crippen LogP contribution in [0.15, 0.2) is 0 Å². The fraction of sp³-hybridized carbons (Fsp3) is 0.800. The third kappa shape index (κ3) is 23.1. The van der Waals surface area contributed by atoms with E-state index in [1.807, 2.05) is 41.5 Å². The van der Waals surface area contributed by atoms with E-state index in [2.05, 4.69) is 0 Å². The molecular weight excluding hydrogens is 416 g/mol. The van der Waals surface area contributed by atoms with Gasteiger partial charge >= 0.3 is 79.3 Å². The predicted molar refractivity (Wildman–Crippen MR) is 101 cm³/mol. The molecule has 0 radical (unpaired) electrons. The van der Waals surface area contributed by atoms with E-state index in [4.69, 9.17) is 6.64 Å². The molecule has 0 fully saturated rings. The van der Waals surface area contributed by atoms with Gasteiger partial charge in [0.05, 0.1) is 23.8 Å². The number of carboxylic acids is 2. The van der Waals surface area contributed by atoms with Gasteiger partial charge in [0.15, 0.2) is 0 Å². The van der Waals surface area contributed by atoms with Crippen LogP contribution in [0.4, 0.5) is 0 Å². The maximum Gasteiger partial charge on any atom is 0.138 e. The van der Waals surface area contributed by atoms with Crippen molar-refractivity contribution >= 4 is 23.5 Å². The molecule has 2 atom stereocenters. The Morgan fingerprint density at radius 3 is 1.03 bits per heavy atom. The van der Waals surface area contributed by atoms with Gasteiger partial charge in [0.1, 0.15) is 11.6 Å². The number of hydrogen-bond acceptors (Lipinski definition) is 8. The maximum atomic E-state index is 10.4. The zero-order chi connectivity index (χ0) is 24.0. The van der Waals surface area contributed by atoms with Crippen molar-refractivity contribution in [1.82, 2.24) is 0 Å². The molecule has 0 spiro atoms. The third-order valence-electron chi connectivity index (χ3n) is 3.06. The summed E-state index contributed by atoms with van der Waals surface area (Å²) in [7, 11) is 0. The first-order valence-electron chi connectivity index (χ1n) is 9.43. The Morgan fingerprint density at radius 2 is 0.966 bits per heavy atom. The van der Waals surface area contributed by atoms with Crippen LogP contribution in [0.5, 0.6) is 0 Å². The summed E-state index contributed by atoms with van der Waals surface area (Å²) in [6.45, 7) is 18.1. The Kier molecular flexibility index (Phi) is 17.7. The van der Waals surface area contributed by atoms with Crippen molar-refractivity contribution in [3.05, 3.63) is 0 Å². The first-order valence-corrected chi connectivity index (χ1v) is 10.7. The molecule has 0 heterocycles. The maximum absolute atomic E-state index is 10.4. The summed E-state index contributed by atoms with van der Waals surface area (Å²) in [6.07, 6.45) is 0.634. The second kappa shape index (κ2) is 15.7. The molecule has 0 aromatic rings. The van der Waals surface area contributed by atoms with E-state index in [0.717, 1.165) is 0 Å². The number of rotatable bonds is 8. The normalized spacial score (nSPS) is 12.8. The van der Waals surface area contributed by atoms with Crippen molar-refractivity contribution in [3.63, 3.8) is 0 Å². The van der Waals surface area contributed by atoms with Crippen LogP contribution >= 0.6 is 0 Å². The minimum atomic E-state index is -1.27. The van der Waals surface area contributed by atoms with Crippen LogP contribution in [0.3, 0.4) is 0 Å². The summed E-state index contributed by atoms with van der Waals surface area (Å²) in [5, 5.41) is 20.1. The van der Waals surface area contributed by atoms with E-state index in [9.17, 15) is 29.4 Å². The van der Waals surface area contributed by atoms with Crippen LogP contribution in [0.2, 0.25) is 0 Å². The Hall–Kier alpha value is -1.09. The molecule has 29 heavy (non-hydrogen) atoms. The van der Waals surface area contributed by atoms with E-state index in [0.29, 0.717) is 12.8 Å². The molecule has 0 N–H and O–H groups in total. The summed E-state index contributed by atoms with van der Waals surface area (Å²) >= 11 is -0.681. The summed E-state index contributed by atoms with van der Waals surface area (Å²) in [5.41, 5.74) is -0.101. The molecule has 2 unspecified atom stereocenters. The number of hydrogen-bond donors (Lipinski definition) is 0. The van der Waals surface area contributed by atoms with Gasteiger partial charge in [-0.15, -0.1) is 0 Å². The predicted octanol–water partition coefficient (Wildman–Crippen LogP) is 1.23. The average Bonchev–Trinajstić information content (AvgIpc) is 2.45. The van der Waals surface area contributed by atoms with Crippen molar-refractivity contribution in [1.29, 1.82) is 0 Å². The minimum absolute atomic E-state index is 0.0503. The van der Waals surface area contributed by atoms with Gasteiger partial charge in [0.25, 0.3) is 0 Å². The van der Waals surface area contributed by atoms with Gasteiger partial charge in [-0.3, -0.25) is 9.59 Å². The van der Waals surface area contributed by atoms with Gasteiger partial charge < -0.3 is 19.8 Å². The molecule has 0 bridgehead atoms. The minimum Gasteiger partial charge on any atom is -0.549 e. The monoisotopic (exact) mass is 452 g/mol. The molecule has 0 aliphatic carbocycles. The molecule has 9 heteroatoms. The molecule has 0 saturated heterocycles. The van der Waals surface area contributed by atoms with E-state index < -0.39 is 43.7 Å². The average molecular weight is 452 g/mol. The fourth-order valence-electron chi connectivity index (χ4n) is 1.51. The Bertz CT molecular complexity index is 444. The zero-order valence-corrected chi connectivity index (χ0v) is 20.9. The molecule has 0 saturated carbocycles. The van der Waals surface area contributed by atoms with Gasteiger partial charge in [-0.05, 0) is 26.7 Å². The van der Waals surface area contributed by atoms with Gasteiger partial charge in [0.2, 0.25) is 0 Å². The van der Waals surface area contributed by atoms with Crippen molar-refractivity contribution in [2.45, 2.75) is 93.3 Å². The van der Waals surface area contributed by atoms with Crippen molar-refractivity contribution in [2.24, 2.45) is 11.8 Å². The fourth-order valence-corrected chi connectivity index (χ4v) is 2.36. The summed E-state index contributed by atoms with van der Waals surface area (Å²) in [4.78, 5) is 40.9. The van der Waals surface area contributed by atoms with Crippen molar-refractivity contribution in [2.75, 3.05) is 0 Å². The first kappa shape index (κ1) is 32.6. The summed E-state index contributed by atoms with van der Waals surface area (Å²) in [5.74, 6) is -5.04. The Balaban J connectivity index is -0.000000352. The van der Waals surface area contributed by atoms with Crippen LogP contribution in [-0.4, -0.2) is 34.7 Å². The summed E-state index contributed by atoms with van der Waals surface area (Å²) in [6, 6.07) is 0. The smallest absolute Gasteiger partial charge is 0.138 e. The summed E-state index contributed by atoms with van der Waals surface area (Å²) < 4.78 is 11.0. The van der Waals surface area contributed by atoms with E-state index in [1.165, 1.54) is 13.8 Å². The molecular formula is C20H36O8Ti. The molecule has 0 rings (SSSR count). The number of carbonyl (C=O) groups excluding carboxylic acids is 4. The SMILES string of the molecule is CC(C)(C)[O][Ti+2][O]C(C)(C)C.CCC(C(C)=O)C(=O)[O-].CCC(C(C)=O)C(=O)[O-]. The van der Waals surface area contributed by atoms with Crippen LogP contribution in [-0.2, 0) is 45.7 Å². The van der Waals surface area contributed by atoms with Crippen LogP contribution in [0.1, 0.15) is 82.1 Å². The Labute approximate surface area is 184 Å². The molecule has 8 nitrogen and oxygen atoms in total. The van der Waals surface area contributed by atoms with E-state index >= 15 is 0 Å². The molecule has 0 amide bonds. The second-order valence-corrected chi connectivity index (χ2v) is 9.19. The van der Waals surface area contributed by atoms with Crippen molar-refractivity contribution < 1.29 is 56.0 Å². The van der Waals surface area contributed by atoms with Crippen molar-refractivity contribution in [3.8, 4) is 0 Å². The number of Topliss-reactive ketones (excluding diaryl/α,β-unsaturated/α-hetero) is 2. The van der Waals surface area contributed by atoms with E-state index in [1.54, 1.807) is 13.8 Å². The topological polar surface area (TPSA) is 133 Å². The van der Waals surface area contributed by atoms with Gasteiger partial charge in [-0.25, -0.2) is 0 Å². The number of carbonyl (C=O) groups is 4. The molecule has 0 aromatic heterocycles. The quantitative estimate of drug-likeness (QED) is 0.397. The number of carboxylic acid groups (broad SMARTS) is 2. The standard InChI is InChI=1S/2C6H10O3.2C4H9O.Ti/c2*1-3-5(4(2)7)6(8)9;2*1-4(2,3)5;/h2*5H,3H2,1-2H3,(H,8,9);2*1-3H3;/q;;2*-1;+4/p-2. The largest absolute Gasteiger partial charge is 0.549 e. The zero-order valence-electron chi connectivity index (χ0n) is 19.3. The number of ketones is 2. The molecule has 0 aromatic carbocycles. The molecule has 168 valence electrons. The molecule has 0 aliphatic heterocycles. The second-order valence-electron chi connectivity index (χ2n) is 8.29. The number of aliphatic carboxylic acids is 2. The van der Waals surface area contributed by atoms with Crippen LogP contribution in [0.25, 0.3) is 0 Å². The van der Waals surface area contributed by atoms with Crippen LogP contribution in [0, 0.1) is 11.8 Å². The Morgan fingerprint density at radius 1 is 0.724 bits per heavy atom. The van der Waals surface area contributed by atoms with Gasteiger partial charge in [0, 0.05) is 0 Å². The van der Waals surface area contributed by atoms with Gasteiger partial charge in [-0.1, -0.05) is 13.8 Å². The third-order valence-corrected chi connectivity index (χ3v) is 5.24. The first-order chi connectivity index (χ1) is 12.9. The van der Waals surface area contributed by atoms with E-state index in [-0.39, 0.29) is 22.8 Å². The van der Waals surface area contributed by atoms with Gasteiger partial charge in [-0.2, -0.15) is 0 Å². The van der Waals surface area contributed by atoms with Crippen LogP contribution < -0.4 is 10.2 Å². The molecule has 0 aliphatic rings.